The summed E-state index contributed by atoms with van der Waals surface area (Å²) in [4.78, 5) is 16.2. The first kappa shape index (κ1) is 16.2. The number of rotatable bonds is 6. The average molecular weight is 305 g/mol. The van der Waals surface area contributed by atoms with Crippen LogP contribution in [-0.2, 0) is 23.2 Å². The van der Waals surface area contributed by atoms with Crippen LogP contribution in [0.2, 0.25) is 0 Å². The summed E-state index contributed by atoms with van der Waals surface area (Å²) in [6, 6.07) is 1.87. The second-order valence-electron chi connectivity index (χ2n) is 6.46. The summed E-state index contributed by atoms with van der Waals surface area (Å²) in [6.45, 7) is 8.65. The molecule has 0 aliphatic heterocycles. The Bertz CT molecular complexity index is 598. The highest BCUT2D eigenvalue weighted by Gasteiger charge is 2.21. The van der Waals surface area contributed by atoms with Gasteiger partial charge in [-0.15, -0.1) is 0 Å². The van der Waals surface area contributed by atoms with Crippen LogP contribution in [0.15, 0.2) is 23.0 Å². The van der Waals surface area contributed by atoms with Gasteiger partial charge in [-0.25, -0.2) is 0 Å². The van der Waals surface area contributed by atoms with Crippen LogP contribution in [0.1, 0.15) is 45.8 Å². The molecule has 1 N–H and O–H groups in total. The lowest BCUT2D eigenvalue weighted by Gasteiger charge is -2.13. The third-order valence-electron chi connectivity index (χ3n) is 3.13. The third-order valence-corrected chi connectivity index (χ3v) is 3.13. The Labute approximate surface area is 130 Å². The molecule has 120 valence electrons. The van der Waals surface area contributed by atoms with Crippen LogP contribution in [0.4, 0.5) is 0 Å². The van der Waals surface area contributed by atoms with Gasteiger partial charge in [0.1, 0.15) is 0 Å². The van der Waals surface area contributed by atoms with Gasteiger partial charge >= 0.3 is 0 Å². The van der Waals surface area contributed by atoms with Crippen molar-refractivity contribution in [3.05, 3.63) is 30.2 Å². The summed E-state index contributed by atoms with van der Waals surface area (Å²) >= 11 is 0. The highest BCUT2D eigenvalue weighted by molar-refractivity contribution is 5.76. The second kappa shape index (κ2) is 6.72. The zero-order chi connectivity index (χ0) is 16.2. The van der Waals surface area contributed by atoms with E-state index in [1.165, 1.54) is 0 Å². The maximum atomic E-state index is 11.9. The molecule has 0 aromatic carbocycles. The average Bonchev–Trinajstić information content (AvgIpc) is 3.05. The van der Waals surface area contributed by atoms with E-state index in [9.17, 15) is 4.79 Å². The summed E-state index contributed by atoms with van der Waals surface area (Å²) in [7, 11) is 0. The number of aromatic nitrogens is 4. The van der Waals surface area contributed by atoms with Crippen LogP contribution in [0.3, 0.4) is 0 Å². The maximum absolute atomic E-state index is 11.9. The molecule has 0 fully saturated rings. The van der Waals surface area contributed by atoms with Gasteiger partial charge in [0.2, 0.25) is 11.8 Å². The maximum Gasteiger partial charge on any atom is 0.227 e. The van der Waals surface area contributed by atoms with Crippen LogP contribution in [0.25, 0.3) is 0 Å². The molecule has 22 heavy (non-hydrogen) atoms. The Kier molecular flexibility index (Phi) is 4.95. The first-order valence-corrected chi connectivity index (χ1v) is 7.44. The van der Waals surface area contributed by atoms with E-state index >= 15 is 0 Å². The molecule has 7 heteroatoms. The van der Waals surface area contributed by atoms with Crippen LogP contribution in [0, 0.1) is 0 Å². The van der Waals surface area contributed by atoms with Gasteiger partial charge in [-0.2, -0.15) is 10.1 Å². The number of hydrogen-bond acceptors (Lipinski definition) is 5. The van der Waals surface area contributed by atoms with Crippen molar-refractivity contribution in [1.82, 2.24) is 25.2 Å². The summed E-state index contributed by atoms with van der Waals surface area (Å²) in [5.41, 5.74) is -0.151. The van der Waals surface area contributed by atoms with Crippen molar-refractivity contribution in [2.24, 2.45) is 0 Å². The second-order valence-corrected chi connectivity index (χ2v) is 6.46. The molecule has 0 bridgehead atoms. The Morgan fingerprint density at radius 3 is 2.82 bits per heavy atom. The molecule has 0 saturated heterocycles. The van der Waals surface area contributed by atoms with E-state index in [4.69, 9.17) is 4.52 Å². The van der Waals surface area contributed by atoms with Crippen molar-refractivity contribution >= 4 is 5.91 Å². The number of carbonyl (C=O) groups excluding carboxylic acids is 1. The van der Waals surface area contributed by atoms with Crippen molar-refractivity contribution in [2.45, 2.75) is 58.5 Å². The first-order chi connectivity index (χ1) is 10.3. The van der Waals surface area contributed by atoms with Crippen LogP contribution >= 0.6 is 0 Å². The van der Waals surface area contributed by atoms with E-state index in [1.54, 1.807) is 10.9 Å². The minimum absolute atomic E-state index is 0.0141. The molecule has 2 rings (SSSR count). The van der Waals surface area contributed by atoms with Gasteiger partial charge < -0.3 is 9.84 Å². The zero-order valence-electron chi connectivity index (χ0n) is 13.5. The van der Waals surface area contributed by atoms with Gasteiger partial charge in [-0.05, 0) is 13.0 Å². The molecular formula is C15H23N5O2. The number of carbonyl (C=O) groups is 1. The van der Waals surface area contributed by atoms with E-state index in [-0.39, 0.29) is 17.4 Å². The summed E-state index contributed by atoms with van der Waals surface area (Å²) in [6.07, 6.45) is 4.37. The van der Waals surface area contributed by atoms with Crippen LogP contribution in [0.5, 0.6) is 0 Å². The highest BCUT2D eigenvalue weighted by Crippen LogP contribution is 2.18. The minimum Gasteiger partial charge on any atom is -0.352 e. The monoisotopic (exact) mass is 305 g/mol. The molecule has 0 saturated carbocycles. The lowest BCUT2D eigenvalue weighted by molar-refractivity contribution is -0.121. The molecule has 0 spiro atoms. The molecule has 0 aliphatic rings. The molecule has 2 aromatic rings. The van der Waals surface area contributed by atoms with E-state index in [1.807, 2.05) is 40.0 Å². The van der Waals surface area contributed by atoms with Gasteiger partial charge in [0.25, 0.3) is 0 Å². The summed E-state index contributed by atoms with van der Waals surface area (Å²) in [5, 5.41) is 11.0. The van der Waals surface area contributed by atoms with E-state index in [2.05, 4.69) is 20.6 Å². The van der Waals surface area contributed by atoms with Crippen molar-refractivity contribution in [3.63, 3.8) is 0 Å². The van der Waals surface area contributed by atoms with Gasteiger partial charge in [0.05, 0.1) is 6.54 Å². The number of hydrogen-bond donors (Lipinski definition) is 1. The number of aryl methyl sites for hydroxylation is 1. The van der Waals surface area contributed by atoms with Crippen molar-refractivity contribution in [3.8, 4) is 0 Å². The predicted molar refractivity (Wildman–Crippen MR) is 81.2 cm³/mol. The van der Waals surface area contributed by atoms with Gasteiger partial charge in [-0.1, -0.05) is 25.9 Å². The normalized spacial score (nSPS) is 13.1. The fourth-order valence-electron chi connectivity index (χ4n) is 1.96. The van der Waals surface area contributed by atoms with Gasteiger partial charge in [0.15, 0.2) is 5.82 Å². The molecular weight excluding hydrogens is 282 g/mol. The molecule has 1 atom stereocenters. The molecule has 2 heterocycles. The zero-order valence-corrected chi connectivity index (χ0v) is 13.5. The lowest BCUT2D eigenvalue weighted by Crippen LogP contribution is -2.35. The van der Waals surface area contributed by atoms with Gasteiger partial charge in [-0.3, -0.25) is 9.48 Å². The van der Waals surface area contributed by atoms with E-state index < -0.39 is 0 Å². The summed E-state index contributed by atoms with van der Waals surface area (Å²) in [5.74, 6) is 1.13. The van der Waals surface area contributed by atoms with Crippen LogP contribution < -0.4 is 5.32 Å². The standard InChI is InChI=1S/C15H23N5O2/c1-11(10-20-9-5-8-16-20)17-12(21)6-7-13-18-14(19-22-13)15(2,3)4/h5,8-9,11H,6-7,10H2,1-4H3,(H,17,21)/t11-/m1/s1. The molecule has 2 aromatic heterocycles. The van der Waals surface area contributed by atoms with Gasteiger partial charge in [0, 0.05) is 36.7 Å². The highest BCUT2D eigenvalue weighted by atomic mass is 16.5. The Morgan fingerprint density at radius 1 is 1.45 bits per heavy atom. The Balaban J connectivity index is 1.76. The first-order valence-electron chi connectivity index (χ1n) is 7.44. The molecule has 7 nitrogen and oxygen atoms in total. The number of amides is 1. The van der Waals surface area contributed by atoms with Crippen molar-refractivity contribution < 1.29 is 9.32 Å². The van der Waals surface area contributed by atoms with E-state index in [0.717, 1.165) is 0 Å². The molecule has 0 unspecified atom stereocenters. The fraction of sp³-hybridized carbons (Fsp3) is 0.600. The largest absolute Gasteiger partial charge is 0.352 e. The quantitative estimate of drug-likeness (QED) is 0.878. The number of nitrogens with zero attached hydrogens (tertiary/aromatic N) is 4. The SMILES string of the molecule is C[C@H](Cn1cccn1)NC(=O)CCc1nc(C(C)(C)C)no1. The molecule has 1 amide bonds. The topological polar surface area (TPSA) is 85.8 Å². The Morgan fingerprint density at radius 2 is 2.23 bits per heavy atom. The Hall–Kier alpha value is -2.18. The summed E-state index contributed by atoms with van der Waals surface area (Å²) < 4.78 is 6.97. The minimum atomic E-state index is -0.151. The number of nitrogens with one attached hydrogen (secondary N) is 1. The van der Waals surface area contributed by atoms with Crippen molar-refractivity contribution in [2.75, 3.05) is 0 Å². The third kappa shape index (κ3) is 4.68. The van der Waals surface area contributed by atoms with Crippen LogP contribution in [-0.4, -0.2) is 31.9 Å². The van der Waals surface area contributed by atoms with Crippen molar-refractivity contribution in [1.29, 1.82) is 0 Å². The molecule has 0 aliphatic carbocycles. The smallest absolute Gasteiger partial charge is 0.227 e. The predicted octanol–water partition coefficient (Wildman–Crippen LogP) is 1.70. The lowest BCUT2D eigenvalue weighted by atomic mass is 9.96. The van der Waals surface area contributed by atoms with E-state index in [0.29, 0.717) is 31.1 Å². The molecule has 0 radical (unpaired) electrons. The fourth-order valence-corrected chi connectivity index (χ4v) is 1.96.